The second kappa shape index (κ2) is 9.82. The average Bonchev–Trinajstić information content (AvgIpc) is 3.21. The monoisotopic (exact) mass is 516 g/mol. The molecule has 2 N–H and O–H groups in total. The van der Waals surface area contributed by atoms with Crippen LogP contribution in [0.5, 0.6) is 0 Å². The first-order valence-electron chi connectivity index (χ1n) is 10.7. The number of hydrogen-bond acceptors (Lipinski definition) is 4. The summed E-state index contributed by atoms with van der Waals surface area (Å²) in [5.41, 5.74) is 2.72. The van der Waals surface area contributed by atoms with E-state index in [1.54, 1.807) is 30.3 Å². The van der Waals surface area contributed by atoms with E-state index in [4.69, 9.17) is 21.0 Å². The highest BCUT2D eigenvalue weighted by molar-refractivity contribution is 7.75. The fourth-order valence-corrected chi connectivity index (χ4v) is 6.59. The van der Waals surface area contributed by atoms with Gasteiger partial charge in [-0.2, -0.15) is 4.39 Å². The van der Waals surface area contributed by atoms with Gasteiger partial charge in [-0.25, -0.2) is 0 Å². The first-order valence-corrected chi connectivity index (χ1v) is 12.8. The van der Waals surface area contributed by atoms with Gasteiger partial charge in [0.15, 0.2) is 5.82 Å². The third-order valence-electron chi connectivity index (χ3n) is 5.68. The van der Waals surface area contributed by atoms with Gasteiger partial charge >= 0.3 is 0 Å². The highest BCUT2D eigenvalue weighted by atomic mass is 35.5. The fourth-order valence-electron chi connectivity index (χ4n) is 4.07. The van der Waals surface area contributed by atoms with Gasteiger partial charge in [0.05, 0.1) is 5.30 Å². The zero-order valence-electron chi connectivity index (χ0n) is 19.7. The third-order valence-corrected chi connectivity index (χ3v) is 8.42. The van der Waals surface area contributed by atoms with Crippen molar-refractivity contribution in [1.82, 2.24) is 10.3 Å². The van der Waals surface area contributed by atoms with E-state index in [1.807, 2.05) is 19.9 Å². The van der Waals surface area contributed by atoms with Gasteiger partial charge in [-0.3, -0.25) is 14.2 Å². The van der Waals surface area contributed by atoms with Crippen LogP contribution in [0.4, 0.5) is 4.39 Å². The van der Waals surface area contributed by atoms with Crippen molar-refractivity contribution in [3.63, 3.8) is 0 Å². The molecule has 2 aromatic heterocycles. The van der Waals surface area contributed by atoms with E-state index in [1.165, 1.54) is 31.2 Å². The summed E-state index contributed by atoms with van der Waals surface area (Å²) in [6.07, 6.45) is 2.69. The molecule has 0 saturated carbocycles. The molecule has 0 aliphatic carbocycles. The number of pyridine rings is 1. The number of carbonyl (C=O) groups excluding carboxylic acids is 1. The highest BCUT2D eigenvalue weighted by Crippen LogP contribution is 2.47. The number of rotatable bonds is 7. The van der Waals surface area contributed by atoms with Crippen molar-refractivity contribution in [3.8, 4) is 0 Å². The Hall–Kier alpha value is -3.19. The molecule has 0 aliphatic heterocycles. The van der Waals surface area contributed by atoms with Crippen LogP contribution >= 0.6 is 19.0 Å². The summed E-state index contributed by atoms with van der Waals surface area (Å²) < 4.78 is 35.7. The second-order valence-electron chi connectivity index (χ2n) is 8.16. The Morgan fingerprint density at radius 1 is 1.14 bits per heavy atom. The summed E-state index contributed by atoms with van der Waals surface area (Å²) in [5.74, 6) is -1.10. The maximum atomic E-state index is 14.5. The lowest BCUT2D eigenvalue weighted by Crippen LogP contribution is -2.40. The molecule has 0 spiro atoms. The number of nitrogens with zero attached hydrogens (tertiary/aromatic N) is 1. The molecule has 1 unspecified atom stereocenters. The largest absolute Gasteiger partial charge is 0.350 e. The second-order valence-corrected chi connectivity index (χ2v) is 11.0. The average molecular weight is 517 g/mol. The quantitative estimate of drug-likeness (QED) is 0.290. The number of hydrogen-bond donors (Lipinski definition) is 2. The Labute approximate surface area is 207 Å². The molecular formula is C25H25ClFN3O4P+. The maximum Gasteiger partial charge on any atom is 0.268 e. The lowest BCUT2D eigenvalue weighted by molar-refractivity contribution is -0.886. The van der Waals surface area contributed by atoms with Crippen molar-refractivity contribution in [1.29, 1.82) is 0 Å². The van der Waals surface area contributed by atoms with Crippen molar-refractivity contribution in [2.24, 2.45) is 0 Å². The number of aromatic amines is 1. The lowest BCUT2D eigenvalue weighted by Gasteiger charge is -2.19. The number of fused-ring (bicyclic) bond motifs is 1. The van der Waals surface area contributed by atoms with E-state index in [-0.39, 0.29) is 23.1 Å². The Morgan fingerprint density at radius 2 is 1.86 bits per heavy atom. The van der Waals surface area contributed by atoms with Gasteiger partial charge in [0.2, 0.25) is 6.20 Å². The van der Waals surface area contributed by atoms with E-state index in [0.29, 0.717) is 21.2 Å². The van der Waals surface area contributed by atoms with Gasteiger partial charge in [-0.15, -0.1) is 0 Å². The molecule has 0 fully saturated rings. The SMILES string of the molecule is CO[n+]1ccc(CNC(=O)c2[nH]c3ccc(Cl)cc3c2P(=O)(OC)c2cc(C)cc(C)c2)c(F)c1. The van der Waals surface area contributed by atoms with Crippen molar-refractivity contribution in [3.05, 3.63) is 88.1 Å². The Bertz CT molecular complexity index is 1470. The third kappa shape index (κ3) is 4.82. The topological polar surface area (TPSA) is 84.3 Å². The van der Waals surface area contributed by atoms with Crippen LogP contribution < -0.4 is 25.5 Å². The smallest absolute Gasteiger partial charge is 0.268 e. The first-order chi connectivity index (χ1) is 16.7. The van der Waals surface area contributed by atoms with E-state index < -0.39 is 19.1 Å². The van der Waals surface area contributed by atoms with Crippen LogP contribution in [0.1, 0.15) is 27.2 Å². The summed E-state index contributed by atoms with van der Waals surface area (Å²) in [6.45, 7) is 3.71. The minimum absolute atomic E-state index is 0.0647. The van der Waals surface area contributed by atoms with Crippen LogP contribution in [-0.2, 0) is 15.6 Å². The van der Waals surface area contributed by atoms with Crippen molar-refractivity contribution in [2.75, 3.05) is 14.2 Å². The molecular weight excluding hydrogens is 492 g/mol. The fraction of sp³-hybridized carbons (Fsp3) is 0.200. The lowest BCUT2D eigenvalue weighted by atomic mass is 10.2. The summed E-state index contributed by atoms with van der Waals surface area (Å²) in [6, 6.07) is 12.1. The maximum absolute atomic E-state index is 14.5. The van der Waals surface area contributed by atoms with E-state index in [9.17, 15) is 13.8 Å². The van der Waals surface area contributed by atoms with Gasteiger partial charge in [0.1, 0.15) is 12.8 Å². The molecule has 0 saturated heterocycles. The Morgan fingerprint density at radius 3 is 2.49 bits per heavy atom. The number of benzene rings is 2. The molecule has 0 radical (unpaired) electrons. The molecule has 0 bridgehead atoms. The van der Waals surface area contributed by atoms with Crippen molar-refractivity contribution in [2.45, 2.75) is 20.4 Å². The number of H-pyrrole nitrogens is 1. The molecule has 7 nitrogen and oxygen atoms in total. The zero-order valence-corrected chi connectivity index (χ0v) is 21.3. The Kier molecular flexibility index (Phi) is 6.99. The number of carbonyl (C=O) groups is 1. The van der Waals surface area contributed by atoms with Gasteiger partial charge in [-0.1, -0.05) is 28.8 Å². The van der Waals surface area contributed by atoms with Crippen LogP contribution in [0.3, 0.4) is 0 Å². The van der Waals surface area contributed by atoms with Crippen molar-refractivity contribution >= 4 is 46.4 Å². The molecule has 35 heavy (non-hydrogen) atoms. The summed E-state index contributed by atoms with van der Waals surface area (Å²) in [7, 11) is -0.962. The summed E-state index contributed by atoms with van der Waals surface area (Å²) in [5, 5.41) is 4.32. The predicted octanol–water partition coefficient (Wildman–Crippen LogP) is 3.73. The van der Waals surface area contributed by atoms with Gasteiger partial charge in [0, 0.05) is 51.2 Å². The molecule has 182 valence electrons. The number of amides is 1. The van der Waals surface area contributed by atoms with Gasteiger partial charge in [-0.05, 0) is 44.2 Å². The normalized spacial score (nSPS) is 13.0. The standard InChI is InChI=1S/C25H24ClFN3O4P/c1-15-9-16(2)11-19(10-15)35(32,34-4)24-20-12-18(26)5-6-22(20)29-23(24)25(31)28-13-17-7-8-30(33-3)14-21(17)27/h5-12,14H,13H2,1-4H3,(H-,28,29,31,32)/p+1. The van der Waals surface area contributed by atoms with Crippen LogP contribution in [0.15, 0.2) is 54.9 Å². The van der Waals surface area contributed by atoms with Crippen LogP contribution in [0.25, 0.3) is 10.9 Å². The van der Waals surface area contributed by atoms with Crippen LogP contribution in [-0.4, -0.2) is 25.1 Å². The van der Waals surface area contributed by atoms with E-state index in [0.717, 1.165) is 17.3 Å². The van der Waals surface area contributed by atoms with Gasteiger partial charge in [0.25, 0.3) is 19.5 Å². The Balaban J connectivity index is 1.81. The first kappa shape index (κ1) is 24.9. The van der Waals surface area contributed by atoms with Gasteiger partial charge < -0.3 is 14.8 Å². The molecule has 10 heteroatoms. The predicted molar refractivity (Wildman–Crippen MR) is 133 cm³/mol. The molecule has 0 aliphatic rings. The summed E-state index contributed by atoms with van der Waals surface area (Å²) >= 11 is 6.25. The van der Waals surface area contributed by atoms with Crippen LogP contribution in [0.2, 0.25) is 5.02 Å². The molecule has 4 rings (SSSR count). The van der Waals surface area contributed by atoms with Crippen LogP contribution in [0, 0.1) is 19.7 Å². The number of aryl methyl sites for hydroxylation is 2. The number of aromatic nitrogens is 2. The van der Waals surface area contributed by atoms with Crippen molar-refractivity contribution < 1.29 is 27.8 Å². The van der Waals surface area contributed by atoms with E-state index in [2.05, 4.69) is 10.3 Å². The molecule has 1 atom stereocenters. The molecule has 4 aromatic rings. The summed E-state index contributed by atoms with van der Waals surface area (Å²) in [4.78, 5) is 21.4. The molecule has 2 aromatic carbocycles. The number of nitrogens with one attached hydrogen (secondary N) is 2. The highest BCUT2D eigenvalue weighted by Gasteiger charge is 2.36. The minimum atomic E-state index is -3.73. The minimum Gasteiger partial charge on any atom is -0.350 e. The molecule has 2 heterocycles. The number of halogens is 2. The zero-order chi connectivity index (χ0) is 25.3. The molecule has 1 amide bonds. The van der Waals surface area contributed by atoms with E-state index >= 15 is 0 Å².